The van der Waals surface area contributed by atoms with Crippen LogP contribution < -0.4 is 0 Å². The summed E-state index contributed by atoms with van der Waals surface area (Å²) in [6, 6.07) is 24.8. The van der Waals surface area contributed by atoms with E-state index in [0.29, 0.717) is 5.82 Å². The number of ether oxygens (including phenoxy) is 2. The largest absolute Gasteiger partial charge is 0.444 e. The maximum absolute atomic E-state index is 12.7. The van der Waals surface area contributed by atoms with Crippen molar-refractivity contribution in [1.82, 2.24) is 19.4 Å². The number of hydrogen-bond donors (Lipinski definition) is 0. The minimum absolute atomic E-state index is 0.0167. The minimum Gasteiger partial charge on any atom is -0.444 e. The van der Waals surface area contributed by atoms with Crippen molar-refractivity contribution in [2.45, 2.75) is 82.8 Å². The van der Waals surface area contributed by atoms with Gasteiger partial charge in [-0.3, -0.25) is 4.90 Å². The molecule has 3 aliphatic rings. The molecule has 46 heavy (non-hydrogen) atoms. The molecule has 0 aliphatic carbocycles. The maximum Gasteiger partial charge on any atom is 0.410 e. The van der Waals surface area contributed by atoms with Gasteiger partial charge in [0.05, 0.1) is 17.3 Å². The van der Waals surface area contributed by atoms with Crippen LogP contribution in [0.25, 0.3) is 10.9 Å². The van der Waals surface area contributed by atoms with Crippen molar-refractivity contribution < 1.29 is 14.3 Å². The molecule has 0 N–H and O–H groups in total. The molecule has 5 heterocycles. The van der Waals surface area contributed by atoms with Gasteiger partial charge in [-0.25, -0.2) is 14.8 Å². The molecule has 2 unspecified atom stereocenters. The SMILES string of the molecule is CC(C)(C)OC(=O)N1CCC2(CCCN2CC2CCC(n3ccc4c(N=C(c5ccccc5)c5ccccc5)nccc43)O2)CC1. The van der Waals surface area contributed by atoms with Crippen LogP contribution in [0.3, 0.4) is 0 Å². The van der Waals surface area contributed by atoms with E-state index in [1.165, 1.54) is 12.8 Å². The average molecular weight is 620 g/mol. The molecule has 3 saturated heterocycles. The fourth-order valence-electron chi connectivity index (χ4n) is 7.56. The third-order valence-corrected chi connectivity index (χ3v) is 9.84. The van der Waals surface area contributed by atoms with Gasteiger partial charge in [0, 0.05) is 54.1 Å². The molecule has 2 aromatic heterocycles. The van der Waals surface area contributed by atoms with E-state index >= 15 is 0 Å². The Morgan fingerprint density at radius 2 is 1.63 bits per heavy atom. The lowest BCUT2D eigenvalue weighted by Gasteiger charge is -2.45. The molecular weight excluding hydrogens is 574 g/mol. The standard InChI is InChI=1S/C38H45N5O3/c1-37(2,3)46-36(44)41-25-20-38(21-26-41)19-10-23-42(38)27-30-15-16-33(45-30)43-24-18-31-32(43)17-22-39-35(31)40-34(28-11-6-4-7-12-28)29-13-8-5-9-14-29/h4-9,11-14,17-18,22,24,30,33H,10,15-16,19-21,23,25-27H2,1-3H3. The number of carbonyl (C=O) groups excluding carboxylic acids is 1. The van der Waals surface area contributed by atoms with Crippen LogP contribution in [-0.2, 0) is 9.47 Å². The van der Waals surface area contributed by atoms with Crippen LogP contribution in [0.15, 0.2) is 90.2 Å². The molecular formula is C38H45N5O3. The van der Waals surface area contributed by atoms with Gasteiger partial charge in [-0.1, -0.05) is 60.7 Å². The molecule has 4 aromatic rings. The van der Waals surface area contributed by atoms with E-state index in [2.05, 4.69) is 52.1 Å². The zero-order chi connectivity index (χ0) is 31.7. The van der Waals surface area contributed by atoms with E-state index in [1.54, 1.807) is 0 Å². The Kier molecular flexibility index (Phi) is 8.42. The minimum atomic E-state index is -0.467. The third kappa shape index (κ3) is 6.33. The first-order valence-corrected chi connectivity index (χ1v) is 16.8. The molecule has 3 aliphatic heterocycles. The van der Waals surface area contributed by atoms with Gasteiger partial charge in [0.1, 0.15) is 11.8 Å². The van der Waals surface area contributed by atoms with E-state index in [-0.39, 0.29) is 24.0 Å². The number of piperidine rings is 1. The Labute approximate surface area is 272 Å². The first-order valence-electron chi connectivity index (χ1n) is 16.8. The number of amides is 1. The number of rotatable bonds is 6. The van der Waals surface area contributed by atoms with Crippen LogP contribution in [0.5, 0.6) is 0 Å². The van der Waals surface area contributed by atoms with E-state index in [0.717, 1.165) is 79.6 Å². The van der Waals surface area contributed by atoms with E-state index in [9.17, 15) is 4.79 Å². The Morgan fingerprint density at radius 1 is 0.935 bits per heavy atom. The summed E-state index contributed by atoms with van der Waals surface area (Å²) < 4.78 is 14.7. The molecule has 0 radical (unpaired) electrons. The summed E-state index contributed by atoms with van der Waals surface area (Å²) >= 11 is 0. The smallest absolute Gasteiger partial charge is 0.410 e. The molecule has 7 rings (SSSR count). The molecule has 240 valence electrons. The van der Waals surface area contributed by atoms with Crippen LogP contribution in [0.4, 0.5) is 10.6 Å². The molecule has 1 spiro atoms. The molecule has 0 saturated carbocycles. The first kappa shape index (κ1) is 30.6. The van der Waals surface area contributed by atoms with Crippen LogP contribution in [-0.4, -0.2) is 74.6 Å². The average Bonchev–Trinajstić information content (AvgIpc) is 3.80. The Bertz CT molecular complexity index is 1640. The Morgan fingerprint density at radius 3 is 2.30 bits per heavy atom. The van der Waals surface area contributed by atoms with E-state index in [4.69, 9.17) is 19.5 Å². The molecule has 1 amide bonds. The highest BCUT2D eigenvalue weighted by Crippen LogP contribution is 2.41. The number of hydrogen-bond acceptors (Lipinski definition) is 6. The van der Waals surface area contributed by atoms with Crippen LogP contribution in [0, 0.1) is 0 Å². The number of aromatic nitrogens is 2. The highest BCUT2D eigenvalue weighted by atomic mass is 16.6. The van der Waals surface area contributed by atoms with Crippen molar-refractivity contribution >= 4 is 28.5 Å². The van der Waals surface area contributed by atoms with E-state index < -0.39 is 5.60 Å². The number of benzene rings is 2. The second kappa shape index (κ2) is 12.6. The van der Waals surface area contributed by atoms with Crippen molar-refractivity contribution in [3.05, 3.63) is 96.3 Å². The molecule has 3 fully saturated rings. The van der Waals surface area contributed by atoms with Crippen molar-refractivity contribution in [3.63, 3.8) is 0 Å². The predicted molar refractivity (Wildman–Crippen MR) is 182 cm³/mol. The molecule has 2 aromatic carbocycles. The van der Waals surface area contributed by atoms with Gasteiger partial charge in [-0.05, 0) is 78.0 Å². The molecule has 0 bridgehead atoms. The second-order valence-corrected chi connectivity index (χ2v) is 14.0. The number of fused-ring (bicyclic) bond motifs is 1. The van der Waals surface area contributed by atoms with Crippen LogP contribution in [0.2, 0.25) is 0 Å². The van der Waals surface area contributed by atoms with Crippen molar-refractivity contribution in [2.24, 2.45) is 4.99 Å². The summed E-state index contributed by atoms with van der Waals surface area (Å²) in [6.45, 7) is 9.33. The Hall–Kier alpha value is -4.01. The number of likely N-dealkylation sites (tertiary alicyclic amines) is 2. The summed E-state index contributed by atoms with van der Waals surface area (Å²) in [5.74, 6) is 0.713. The summed E-state index contributed by atoms with van der Waals surface area (Å²) in [5.41, 5.74) is 3.81. The van der Waals surface area contributed by atoms with Gasteiger partial charge < -0.3 is 18.9 Å². The van der Waals surface area contributed by atoms with Gasteiger partial charge in [-0.15, -0.1) is 0 Å². The predicted octanol–water partition coefficient (Wildman–Crippen LogP) is 7.75. The van der Waals surface area contributed by atoms with Crippen molar-refractivity contribution in [1.29, 1.82) is 0 Å². The first-order chi connectivity index (χ1) is 22.3. The molecule has 2 atom stereocenters. The van der Waals surface area contributed by atoms with Crippen molar-refractivity contribution in [3.8, 4) is 0 Å². The summed E-state index contributed by atoms with van der Waals surface area (Å²) in [7, 11) is 0. The number of carbonyl (C=O) groups is 1. The quantitative estimate of drug-likeness (QED) is 0.207. The topological polar surface area (TPSA) is 72.2 Å². The highest BCUT2D eigenvalue weighted by Gasteiger charge is 2.45. The lowest BCUT2D eigenvalue weighted by Crippen LogP contribution is -2.55. The summed E-state index contributed by atoms with van der Waals surface area (Å²) in [6.07, 6.45) is 10.4. The van der Waals surface area contributed by atoms with Gasteiger partial charge in [0.2, 0.25) is 0 Å². The lowest BCUT2D eigenvalue weighted by molar-refractivity contribution is -0.0363. The van der Waals surface area contributed by atoms with Gasteiger partial charge >= 0.3 is 6.09 Å². The zero-order valence-corrected chi connectivity index (χ0v) is 27.3. The molecule has 8 nitrogen and oxygen atoms in total. The highest BCUT2D eigenvalue weighted by molar-refractivity contribution is 6.14. The number of aliphatic imine (C=N–C) groups is 1. The van der Waals surface area contributed by atoms with Crippen molar-refractivity contribution in [2.75, 3.05) is 26.2 Å². The van der Waals surface area contributed by atoms with Crippen LogP contribution in [0.1, 0.15) is 76.7 Å². The lowest BCUT2D eigenvalue weighted by atomic mass is 9.85. The monoisotopic (exact) mass is 619 g/mol. The Balaban J connectivity index is 1.05. The van der Waals surface area contributed by atoms with Gasteiger partial charge in [-0.2, -0.15) is 0 Å². The fourth-order valence-corrected chi connectivity index (χ4v) is 7.56. The van der Waals surface area contributed by atoms with Crippen LogP contribution >= 0.6 is 0 Å². The van der Waals surface area contributed by atoms with Gasteiger partial charge in [0.15, 0.2) is 5.82 Å². The third-order valence-electron chi connectivity index (χ3n) is 9.84. The normalized spacial score (nSPS) is 21.6. The number of nitrogens with zero attached hydrogens (tertiary/aromatic N) is 5. The van der Waals surface area contributed by atoms with E-state index in [1.807, 2.05) is 68.3 Å². The zero-order valence-electron chi connectivity index (χ0n) is 27.3. The fraction of sp³-hybridized carbons (Fsp3) is 0.447. The number of pyridine rings is 1. The molecule has 8 heteroatoms. The second-order valence-electron chi connectivity index (χ2n) is 14.0. The summed E-state index contributed by atoms with van der Waals surface area (Å²) in [5, 5.41) is 1.02. The maximum atomic E-state index is 12.7. The van der Waals surface area contributed by atoms with Gasteiger partial charge in [0.25, 0.3) is 0 Å². The summed E-state index contributed by atoms with van der Waals surface area (Å²) in [4.78, 5) is 27.1.